The van der Waals surface area contributed by atoms with E-state index in [0.29, 0.717) is 24.4 Å². The van der Waals surface area contributed by atoms with Crippen LogP contribution >= 0.6 is 0 Å². The van der Waals surface area contributed by atoms with Crippen LogP contribution in [0.1, 0.15) is 27.9 Å². The molecule has 0 atom stereocenters. The number of benzene rings is 2. The van der Waals surface area contributed by atoms with Gasteiger partial charge in [-0.15, -0.1) is 0 Å². The fraction of sp³-hybridized carbons (Fsp3) is 0.304. The Kier molecular flexibility index (Phi) is 4.83. The van der Waals surface area contributed by atoms with Gasteiger partial charge in [-0.2, -0.15) is 9.40 Å². The number of imidazole rings is 1. The van der Waals surface area contributed by atoms with E-state index in [1.54, 1.807) is 18.2 Å². The van der Waals surface area contributed by atoms with Crippen molar-refractivity contribution in [2.45, 2.75) is 38.6 Å². The quantitative estimate of drug-likeness (QED) is 0.493. The predicted molar refractivity (Wildman–Crippen MR) is 122 cm³/mol. The molecule has 9 heteroatoms. The van der Waals surface area contributed by atoms with Gasteiger partial charge >= 0.3 is 0 Å². The van der Waals surface area contributed by atoms with Crippen molar-refractivity contribution in [2.75, 3.05) is 13.7 Å². The Morgan fingerprint density at radius 1 is 1.09 bits per heavy atom. The van der Waals surface area contributed by atoms with Crippen LogP contribution in [0.4, 0.5) is 0 Å². The fourth-order valence-electron chi connectivity index (χ4n) is 4.20. The number of ether oxygens (including phenoxy) is 1. The molecule has 166 valence electrons. The van der Waals surface area contributed by atoms with E-state index in [-0.39, 0.29) is 11.4 Å². The van der Waals surface area contributed by atoms with E-state index in [4.69, 9.17) is 9.72 Å². The van der Waals surface area contributed by atoms with E-state index in [2.05, 4.69) is 41.2 Å². The molecule has 0 unspecified atom stereocenters. The van der Waals surface area contributed by atoms with Gasteiger partial charge in [0.2, 0.25) is 10.0 Å². The molecule has 0 bridgehead atoms. The molecule has 2 aromatic carbocycles. The molecule has 1 aliphatic heterocycles. The summed E-state index contributed by atoms with van der Waals surface area (Å²) in [6.45, 7) is 6.60. The van der Waals surface area contributed by atoms with Crippen molar-refractivity contribution < 1.29 is 13.2 Å². The Bertz CT molecular complexity index is 1410. The molecule has 2 N–H and O–H groups in total. The molecule has 2 aromatic heterocycles. The average Bonchev–Trinajstić information content (AvgIpc) is 3.36. The van der Waals surface area contributed by atoms with Gasteiger partial charge in [0.05, 0.1) is 30.4 Å². The predicted octanol–water partition coefficient (Wildman–Crippen LogP) is 3.63. The van der Waals surface area contributed by atoms with Crippen LogP contribution in [0.15, 0.2) is 35.2 Å². The number of nitrogens with one attached hydrogen (secondary N) is 2. The summed E-state index contributed by atoms with van der Waals surface area (Å²) < 4.78 is 33.5. The maximum atomic E-state index is 13.3. The zero-order chi connectivity index (χ0) is 22.6. The summed E-state index contributed by atoms with van der Waals surface area (Å²) in [6.07, 6.45) is 0.545. The highest BCUT2D eigenvalue weighted by Gasteiger charge is 2.33. The second-order valence-electron chi connectivity index (χ2n) is 8.31. The Morgan fingerprint density at radius 3 is 2.66 bits per heavy atom. The van der Waals surface area contributed by atoms with Crippen molar-refractivity contribution in [1.29, 1.82) is 0 Å². The molecule has 3 heterocycles. The van der Waals surface area contributed by atoms with Crippen LogP contribution in [-0.4, -0.2) is 46.5 Å². The molecule has 0 aliphatic carbocycles. The Balaban J connectivity index is 1.48. The lowest BCUT2D eigenvalue weighted by Crippen LogP contribution is -2.36. The molecule has 0 saturated heterocycles. The van der Waals surface area contributed by atoms with E-state index in [1.807, 2.05) is 6.92 Å². The molecule has 4 aromatic rings. The number of hydrogen-bond donors (Lipinski definition) is 2. The molecule has 0 spiro atoms. The summed E-state index contributed by atoms with van der Waals surface area (Å²) in [7, 11) is -2.23. The van der Waals surface area contributed by atoms with Crippen LogP contribution in [0.5, 0.6) is 5.75 Å². The number of sulfonamides is 1. The Labute approximate surface area is 186 Å². The molecule has 1 aliphatic rings. The molecular formula is C23H25N5O3S. The van der Waals surface area contributed by atoms with Crippen molar-refractivity contribution in [2.24, 2.45) is 0 Å². The third-order valence-electron chi connectivity index (χ3n) is 6.16. The number of aromatic amines is 2. The molecule has 8 nitrogen and oxygen atoms in total. The van der Waals surface area contributed by atoms with E-state index >= 15 is 0 Å². The normalized spacial score (nSPS) is 14.6. The first-order valence-electron chi connectivity index (χ1n) is 10.5. The molecule has 5 rings (SSSR count). The molecule has 0 fully saturated rings. The van der Waals surface area contributed by atoms with Crippen molar-refractivity contribution in [3.63, 3.8) is 0 Å². The maximum Gasteiger partial charge on any atom is 0.247 e. The number of hydrogen-bond acceptors (Lipinski definition) is 5. The van der Waals surface area contributed by atoms with Crippen LogP contribution in [-0.2, 0) is 23.0 Å². The summed E-state index contributed by atoms with van der Waals surface area (Å²) in [6, 6.07) is 9.28. The molecule has 0 saturated carbocycles. The highest BCUT2D eigenvalue weighted by Crippen LogP contribution is 2.33. The maximum absolute atomic E-state index is 13.3. The number of methoxy groups -OCH3 is 1. The van der Waals surface area contributed by atoms with E-state index in [0.717, 1.165) is 33.7 Å². The first-order valence-corrected chi connectivity index (χ1v) is 11.9. The SMILES string of the molecule is COc1cc(C)ccc1S(=O)(=O)N1CCc2c(n[nH]c2-c2nc3cc(C)c(C)cc3[nH]2)C1. The van der Waals surface area contributed by atoms with Gasteiger partial charge in [-0.3, -0.25) is 5.10 Å². The molecular weight excluding hydrogens is 426 g/mol. The average molecular weight is 452 g/mol. The third kappa shape index (κ3) is 3.28. The van der Waals surface area contributed by atoms with Gasteiger partial charge < -0.3 is 9.72 Å². The number of aromatic nitrogens is 4. The van der Waals surface area contributed by atoms with Crippen molar-refractivity contribution in [1.82, 2.24) is 24.5 Å². The zero-order valence-electron chi connectivity index (χ0n) is 18.5. The van der Waals surface area contributed by atoms with Crippen molar-refractivity contribution in [3.8, 4) is 17.3 Å². The minimum atomic E-state index is -3.72. The number of rotatable bonds is 4. The smallest absolute Gasteiger partial charge is 0.247 e. The fourth-order valence-corrected chi connectivity index (χ4v) is 5.74. The van der Waals surface area contributed by atoms with E-state index in [1.165, 1.54) is 22.5 Å². The minimum Gasteiger partial charge on any atom is -0.495 e. The van der Waals surface area contributed by atoms with Gasteiger partial charge in [0.25, 0.3) is 0 Å². The first kappa shape index (κ1) is 20.7. The van der Waals surface area contributed by atoms with Gasteiger partial charge in [-0.25, -0.2) is 13.4 Å². The number of fused-ring (bicyclic) bond motifs is 2. The lowest BCUT2D eigenvalue weighted by atomic mass is 10.1. The van der Waals surface area contributed by atoms with Gasteiger partial charge in [0.15, 0.2) is 5.82 Å². The third-order valence-corrected chi connectivity index (χ3v) is 8.05. The van der Waals surface area contributed by atoms with E-state index in [9.17, 15) is 8.42 Å². The van der Waals surface area contributed by atoms with Crippen molar-refractivity contribution in [3.05, 3.63) is 58.3 Å². The highest BCUT2D eigenvalue weighted by molar-refractivity contribution is 7.89. The van der Waals surface area contributed by atoms with Gasteiger partial charge in [-0.1, -0.05) is 6.07 Å². The second kappa shape index (κ2) is 7.46. The number of H-pyrrole nitrogens is 2. The summed E-state index contributed by atoms with van der Waals surface area (Å²) in [5.41, 5.74) is 7.73. The topological polar surface area (TPSA) is 104 Å². The Morgan fingerprint density at radius 2 is 1.88 bits per heavy atom. The summed E-state index contributed by atoms with van der Waals surface area (Å²) >= 11 is 0. The highest BCUT2D eigenvalue weighted by atomic mass is 32.2. The molecule has 32 heavy (non-hydrogen) atoms. The molecule has 0 amide bonds. The standard InChI is InChI=1S/C23H25N5O3S/c1-13-5-6-21(20(9-13)31-4)32(29,30)28-8-7-16-19(12-28)26-27-22(16)23-24-17-10-14(2)15(3)11-18(17)25-23/h5-6,9-11H,7-8,12H2,1-4H3,(H,24,25)(H,26,27). The van der Waals surface area contributed by atoms with Crippen LogP contribution in [0.3, 0.4) is 0 Å². The summed E-state index contributed by atoms with van der Waals surface area (Å²) in [4.78, 5) is 8.28. The van der Waals surface area contributed by atoms with Crippen LogP contribution < -0.4 is 4.74 Å². The van der Waals surface area contributed by atoms with E-state index < -0.39 is 10.0 Å². The van der Waals surface area contributed by atoms with Crippen LogP contribution in [0, 0.1) is 20.8 Å². The molecule has 0 radical (unpaired) electrons. The van der Waals surface area contributed by atoms with Gasteiger partial charge in [0.1, 0.15) is 16.3 Å². The van der Waals surface area contributed by atoms with Crippen molar-refractivity contribution >= 4 is 21.1 Å². The van der Waals surface area contributed by atoms with Gasteiger partial charge in [-0.05, 0) is 68.1 Å². The zero-order valence-corrected chi connectivity index (χ0v) is 19.3. The minimum absolute atomic E-state index is 0.174. The number of nitrogens with zero attached hydrogens (tertiary/aromatic N) is 3. The monoisotopic (exact) mass is 451 g/mol. The second-order valence-corrected chi connectivity index (χ2v) is 10.2. The Hall–Kier alpha value is -3.17. The van der Waals surface area contributed by atoms with Gasteiger partial charge in [0, 0.05) is 12.1 Å². The lowest BCUT2D eigenvalue weighted by Gasteiger charge is -2.26. The van der Waals surface area contributed by atoms with Crippen LogP contribution in [0.25, 0.3) is 22.6 Å². The summed E-state index contributed by atoms with van der Waals surface area (Å²) in [5.74, 6) is 1.07. The first-order chi connectivity index (χ1) is 15.3. The van der Waals surface area contributed by atoms with Crippen LogP contribution in [0.2, 0.25) is 0 Å². The lowest BCUT2D eigenvalue weighted by molar-refractivity contribution is 0.375. The number of aryl methyl sites for hydroxylation is 3. The largest absolute Gasteiger partial charge is 0.495 e. The summed E-state index contributed by atoms with van der Waals surface area (Å²) in [5, 5.41) is 7.50.